The van der Waals surface area contributed by atoms with Gasteiger partial charge in [0.05, 0.1) is 13.3 Å². The van der Waals surface area contributed by atoms with Crippen LogP contribution in [0.15, 0.2) is 11.2 Å². The molecule has 1 rings (SSSR count). The molecule has 0 aromatic carbocycles. The van der Waals surface area contributed by atoms with Crippen molar-refractivity contribution < 1.29 is 27.9 Å². The third-order valence-corrected chi connectivity index (χ3v) is 4.47. The van der Waals surface area contributed by atoms with Gasteiger partial charge < -0.3 is 9.84 Å². The molecule has 21 heavy (non-hydrogen) atoms. The predicted octanol–water partition coefficient (Wildman–Crippen LogP) is -0.0261. The monoisotopic (exact) mass is 319 g/mol. The Bertz CT molecular complexity index is 624. The lowest BCUT2D eigenvalue weighted by atomic mass is 10.0. The first-order chi connectivity index (χ1) is 9.74. The number of carbonyl (C=O) groups is 2. The number of aromatic nitrogens is 2. The van der Waals surface area contributed by atoms with Crippen LogP contribution in [0, 0.1) is 5.92 Å². The number of nitrogens with zero attached hydrogens (tertiary/aromatic N) is 1. The second-order valence-electron chi connectivity index (χ2n) is 4.43. The first-order valence-electron chi connectivity index (χ1n) is 6.11. The maximum atomic E-state index is 12.2. The Morgan fingerprint density at radius 3 is 2.62 bits per heavy atom. The topological polar surface area (TPSA) is 138 Å². The summed E-state index contributed by atoms with van der Waals surface area (Å²) in [4.78, 5) is 22.6. The molecule has 2 atom stereocenters. The normalized spacial score (nSPS) is 14.4. The Morgan fingerprint density at radius 1 is 1.52 bits per heavy atom. The number of hydrogen-bond acceptors (Lipinski definition) is 6. The van der Waals surface area contributed by atoms with Crippen LogP contribution in [0.3, 0.4) is 0 Å². The van der Waals surface area contributed by atoms with Gasteiger partial charge in [0.2, 0.25) is 0 Å². The van der Waals surface area contributed by atoms with Crippen molar-refractivity contribution in [2.24, 2.45) is 5.92 Å². The van der Waals surface area contributed by atoms with Gasteiger partial charge in [-0.3, -0.25) is 9.89 Å². The van der Waals surface area contributed by atoms with Crippen LogP contribution in [0.1, 0.15) is 30.6 Å². The number of carbonyl (C=O) groups excluding carboxylic acids is 1. The zero-order valence-corrected chi connectivity index (χ0v) is 12.6. The molecule has 1 aromatic rings. The quantitative estimate of drug-likeness (QED) is 0.600. The number of methoxy groups -OCH3 is 1. The molecule has 0 aliphatic carbocycles. The third kappa shape index (κ3) is 3.79. The third-order valence-electron chi connectivity index (χ3n) is 3.05. The number of H-pyrrole nitrogens is 1. The van der Waals surface area contributed by atoms with Crippen molar-refractivity contribution in [3.63, 3.8) is 0 Å². The summed E-state index contributed by atoms with van der Waals surface area (Å²) in [6, 6.07) is -1.12. The molecular weight excluding hydrogens is 302 g/mol. The highest BCUT2D eigenvalue weighted by molar-refractivity contribution is 7.89. The fourth-order valence-electron chi connectivity index (χ4n) is 1.62. The molecule has 0 fully saturated rings. The lowest BCUT2D eigenvalue weighted by Gasteiger charge is -2.21. The number of aromatic amines is 1. The zero-order chi connectivity index (χ0) is 16.2. The highest BCUT2D eigenvalue weighted by Crippen LogP contribution is 2.16. The van der Waals surface area contributed by atoms with E-state index in [1.165, 1.54) is 0 Å². The summed E-state index contributed by atoms with van der Waals surface area (Å²) in [6.45, 7) is 3.46. The summed E-state index contributed by atoms with van der Waals surface area (Å²) in [5.41, 5.74) is -0.504. The molecule has 10 heteroatoms. The SMILES string of the molecule is CCC(C)C(NS(=O)(=O)c1[nH]ncc1C(=O)O)C(=O)OC. The van der Waals surface area contributed by atoms with Gasteiger partial charge in [-0.25, -0.2) is 13.2 Å². The average molecular weight is 319 g/mol. The highest BCUT2D eigenvalue weighted by Gasteiger charge is 2.33. The predicted molar refractivity (Wildman–Crippen MR) is 71.1 cm³/mol. The minimum Gasteiger partial charge on any atom is -0.478 e. The van der Waals surface area contributed by atoms with E-state index in [1.807, 2.05) is 0 Å². The van der Waals surface area contributed by atoms with E-state index >= 15 is 0 Å². The van der Waals surface area contributed by atoms with Crippen LogP contribution in [0.2, 0.25) is 0 Å². The molecule has 118 valence electrons. The molecule has 0 radical (unpaired) electrons. The fraction of sp³-hybridized carbons (Fsp3) is 0.545. The lowest BCUT2D eigenvalue weighted by Crippen LogP contribution is -2.45. The number of rotatable bonds is 7. The molecular formula is C11H17N3O6S. The first kappa shape index (κ1) is 17.1. The summed E-state index contributed by atoms with van der Waals surface area (Å²) < 4.78 is 31.2. The van der Waals surface area contributed by atoms with E-state index in [-0.39, 0.29) is 5.92 Å². The van der Waals surface area contributed by atoms with E-state index < -0.39 is 38.6 Å². The minimum absolute atomic E-state index is 0.330. The van der Waals surface area contributed by atoms with E-state index in [4.69, 9.17) is 5.11 Å². The molecule has 3 N–H and O–H groups in total. The van der Waals surface area contributed by atoms with Gasteiger partial charge >= 0.3 is 11.9 Å². The van der Waals surface area contributed by atoms with E-state index in [9.17, 15) is 18.0 Å². The number of sulfonamides is 1. The van der Waals surface area contributed by atoms with Crippen molar-refractivity contribution >= 4 is 22.0 Å². The Labute approximate surface area is 121 Å². The van der Waals surface area contributed by atoms with Gasteiger partial charge in [-0.05, 0) is 5.92 Å². The maximum Gasteiger partial charge on any atom is 0.340 e. The average Bonchev–Trinajstić information content (AvgIpc) is 2.93. The van der Waals surface area contributed by atoms with Crippen LogP contribution < -0.4 is 4.72 Å². The van der Waals surface area contributed by atoms with Gasteiger partial charge in [0, 0.05) is 0 Å². The van der Waals surface area contributed by atoms with Crippen molar-refractivity contribution in [1.29, 1.82) is 0 Å². The summed E-state index contributed by atoms with van der Waals surface area (Å²) in [7, 11) is -3.11. The molecule has 0 bridgehead atoms. The minimum atomic E-state index is -4.25. The Balaban J connectivity index is 3.15. The van der Waals surface area contributed by atoms with Gasteiger partial charge in [0.1, 0.15) is 11.6 Å². The van der Waals surface area contributed by atoms with E-state index in [2.05, 4.69) is 19.7 Å². The fourth-order valence-corrected chi connectivity index (χ4v) is 3.00. The number of aromatic carboxylic acids is 1. The Morgan fingerprint density at radius 2 is 2.14 bits per heavy atom. The number of ether oxygens (including phenoxy) is 1. The second kappa shape index (κ2) is 6.68. The molecule has 0 saturated heterocycles. The van der Waals surface area contributed by atoms with E-state index in [0.717, 1.165) is 13.3 Å². The number of carboxylic acids is 1. The van der Waals surface area contributed by atoms with Crippen LogP contribution in [0.25, 0.3) is 0 Å². The first-order valence-corrected chi connectivity index (χ1v) is 7.59. The Kier molecular flexibility index (Phi) is 5.44. The molecule has 0 aliphatic heterocycles. The van der Waals surface area contributed by atoms with Crippen molar-refractivity contribution in [2.75, 3.05) is 7.11 Å². The highest BCUT2D eigenvalue weighted by atomic mass is 32.2. The molecule has 0 amide bonds. The number of nitrogens with one attached hydrogen (secondary N) is 2. The van der Waals surface area contributed by atoms with E-state index in [1.54, 1.807) is 13.8 Å². The number of esters is 1. The summed E-state index contributed by atoms with van der Waals surface area (Å²) in [5.74, 6) is -2.52. The van der Waals surface area contributed by atoms with Crippen molar-refractivity contribution in [1.82, 2.24) is 14.9 Å². The van der Waals surface area contributed by atoms with Crippen molar-refractivity contribution in [2.45, 2.75) is 31.3 Å². The Hall–Kier alpha value is -1.94. The van der Waals surface area contributed by atoms with E-state index in [0.29, 0.717) is 6.42 Å². The van der Waals surface area contributed by atoms with Gasteiger partial charge in [-0.15, -0.1) is 0 Å². The van der Waals surface area contributed by atoms with Crippen LogP contribution in [-0.2, 0) is 19.6 Å². The van der Waals surface area contributed by atoms with Crippen LogP contribution >= 0.6 is 0 Å². The van der Waals surface area contributed by atoms with Crippen molar-refractivity contribution in [3.8, 4) is 0 Å². The molecule has 0 saturated carbocycles. The number of hydrogen-bond donors (Lipinski definition) is 3. The largest absolute Gasteiger partial charge is 0.478 e. The molecule has 0 aliphatic rings. The number of carboxylic acid groups (broad SMARTS) is 1. The summed E-state index contributed by atoms with van der Waals surface area (Å²) in [6.07, 6.45) is 1.41. The maximum absolute atomic E-state index is 12.2. The molecule has 1 heterocycles. The standard InChI is InChI=1S/C11H17N3O6S/c1-4-6(2)8(11(17)20-3)14-21(18,19)9-7(10(15)16)5-12-13-9/h5-6,8,14H,4H2,1-3H3,(H,12,13)(H,15,16). The second-order valence-corrected chi connectivity index (χ2v) is 6.08. The lowest BCUT2D eigenvalue weighted by molar-refractivity contribution is -0.143. The van der Waals surface area contributed by atoms with Gasteiger partial charge in [-0.2, -0.15) is 9.82 Å². The van der Waals surface area contributed by atoms with Gasteiger partial charge in [0.25, 0.3) is 10.0 Å². The molecule has 9 nitrogen and oxygen atoms in total. The molecule has 1 aromatic heterocycles. The van der Waals surface area contributed by atoms with Gasteiger partial charge in [-0.1, -0.05) is 20.3 Å². The molecule has 0 spiro atoms. The summed E-state index contributed by atoms with van der Waals surface area (Å²) >= 11 is 0. The van der Waals surface area contributed by atoms with Crippen LogP contribution in [0.5, 0.6) is 0 Å². The zero-order valence-electron chi connectivity index (χ0n) is 11.8. The van der Waals surface area contributed by atoms with Crippen molar-refractivity contribution in [3.05, 3.63) is 11.8 Å². The van der Waals surface area contributed by atoms with Crippen LogP contribution in [-0.4, -0.2) is 48.8 Å². The smallest absolute Gasteiger partial charge is 0.340 e. The van der Waals surface area contributed by atoms with Gasteiger partial charge in [0.15, 0.2) is 5.03 Å². The molecule has 2 unspecified atom stereocenters. The van der Waals surface area contributed by atoms with Crippen LogP contribution in [0.4, 0.5) is 0 Å². The summed E-state index contributed by atoms with van der Waals surface area (Å²) in [5, 5.41) is 13.8.